The third-order valence-electron chi connectivity index (χ3n) is 12.5. The first-order valence-electron chi connectivity index (χ1n) is 21.8. The highest BCUT2D eigenvalue weighted by atomic mass is 16.6. The summed E-state index contributed by atoms with van der Waals surface area (Å²) in [6, 6.07) is 11.4. The molecule has 2 aromatic carbocycles. The molecule has 16 heteroatoms. The number of aryl methyl sites for hydroxylation is 2. The van der Waals surface area contributed by atoms with Crippen LogP contribution in [-0.4, -0.2) is 144 Å². The smallest absolute Gasteiger partial charge is 0.419 e. The van der Waals surface area contributed by atoms with Crippen LogP contribution in [0.15, 0.2) is 45.6 Å². The van der Waals surface area contributed by atoms with Crippen LogP contribution < -0.4 is 11.1 Å². The van der Waals surface area contributed by atoms with Crippen LogP contribution in [0.1, 0.15) is 76.5 Å². The molecule has 0 unspecified atom stereocenters. The summed E-state index contributed by atoms with van der Waals surface area (Å²) in [6.45, 7) is 11.2. The lowest BCUT2D eigenvalue weighted by atomic mass is 9.98. The van der Waals surface area contributed by atoms with Crippen molar-refractivity contribution in [3.8, 4) is 0 Å². The molecule has 3 fully saturated rings. The number of hydrogen-bond acceptors (Lipinski definition) is 10. The van der Waals surface area contributed by atoms with Crippen molar-refractivity contribution in [3.05, 3.63) is 63.6 Å². The Hall–Kier alpha value is -5.38. The highest BCUT2D eigenvalue weighted by Gasteiger charge is 2.35. The molecule has 1 N–H and O–H groups in total. The normalized spacial score (nSPS) is 18.2. The number of carbonyl (C=O) groups is 5. The Balaban J connectivity index is 0.000000341. The maximum atomic E-state index is 13.8. The van der Waals surface area contributed by atoms with E-state index in [2.05, 4.69) is 19.2 Å². The number of amides is 5. The van der Waals surface area contributed by atoms with E-state index < -0.39 is 29.8 Å². The van der Waals surface area contributed by atoms with Crippen molar-refractivity contribution in [1.82, 2.24) is 29.1 Å². The fourth-order valence-corrected chi connectivity index (χ4v) is 8.54. The Kier molecular flexibility index (Phi) is 16.6. The number of para-hydroxylation sites is 1. The summed E-state index contributed by atoms with van der Waals surface area (Å²) in [5, 5.41) is 3.03. The number of likely N-dealkylation sites (N-methyl/N-ethyl adjacent to an activating group) is 1. The topological polar surface area (TPSA) is 167 Å². The zero-order chi connectivity index (χ0) is 43.8. The van der Waals surface area contributed by atoms with E-state index in [1.165, 1.54) is 4.57 Å². The minimum Gasteiger partial charge on any atom is -0.457 e. The molecule has 5 amide bonds. The summed E-state index contributed by atoms with van der Waals surface area (Å²) in [4.78, 5) is 84.4. The van der Waals surface area contributed by atoms with Crippen molar-refractivity contribution in [1.29, 1.82) is 0 Å². The Bertz CT molecular complexity index is 2090. The molecule has 3 saturated heterocycles. The number of anilines is 1. The number of oxazole rings is 1. The molecule has 0 saturated carbocycles. The molecular weight excluding hydrogens is 795 g/mol. The number of esters is 1. The summed E-state index contributed by atoms with van der Waals surface area (Å²) in [7, 11) is 5.44. The van der Waals surface area contributed by atoms with Crippen LogP contribution in [0.4, 0.5) is 15.3 Å². The molecule has 7 rings (SSSR count). The summed E-state index contributed by atoms with van der Waals surface area (Å²) in [6.07, 6.45) is 4.44. The average molecular weight is 862 g/mol. The fourth-order valence-electron chi connectivity index (χ4n) is 8.54. The van der Waals surface area contributed by atoms with E-state index in [0.717, 1.165) is 54.5 Å². The Morgan fingerprint density at radius 3 is 2.11 bits per heavy atom. The Labute approximate surface area is 365 Å². The maximum Gasteiger partial charge on any atom is 0.419 e. The molecule has 0 spiro atoms. The molecule has 340 valence electrons. The van der Waals surface area contributed by atoms with E-state index in [4.69, 9.17) is 13.9 Å². The molecular formula is C46H67N7O9. The van der Waals surface area contributed by atoms with Crippen LogP contribution in [0.25, 0.3) is 11.1 Å². The molecule has 1 atom stereocenters. The van der Waals surface area contributed by atoms with Crippen LogP contribution in [0.3, 0.4) is 0 Å². The first kappa shape index (κ1) is 47.7. The van der Waals surface area contributed by atoms with E-state index in [-0.39, 0.29) is 38.4 Å². The van der Waals surface area contributed by atoms with E-state index >= 15 is 0 Å². The number of urea groups is 1. The monoisotopic (exact) mass is 862 g/mol. The second-order valence-electron chi connectivity index (χ2n) is 17.4. The molecule has 4 aliphatic heterocycles. The molecule has 0 bridgehead atoms. The molecule has 5 heterocycles. The second-order valence-corrected chi connectivity index (χ2v) is 17.4. The summed E-state index contributed by atoms with van der Waals surface area (Å²) in [5.41, 5.74) is 4.72. The number of benzene rings is 2. The third kappa shape index (κ3) is 12.0. The van der Waals surface area contributed by atoms with Crippen LogP contribution in [0.2, 0.25) is 0 Å². The number of carbonyl (C=O) groups excluding carboxylic acids is 5. The Morgan fingerprint density at radius 2 is 1.47 bits per heavy atom. The maximum absolute atomic E-state index is 13.8. The summed E-state index contributed by atoms with van der Waals surface area (Å²) in [5.74, 6) is -0.672. The molecule has 3 aromatic rings. The van der Waals surface area contributed by atoms with Crippen molar-refractivity contribution >= 4 is 46.7 Å². The second kappa shape index (κ2) is 21.6. The van der Waals surface area contributed by atoms with Crippen LogP contribution in [-0.2, 0) is 43.7 Å². The fraction of sp³-hybridized carbons (Fsp3) is 0.609. The van der Waals surface area contributed by atoms with Gasteiger partial charge in [-0.3, -0.25) is 14.2 Å². The van der Waals surface area contributed by atoms with Crippen LogP contribution in [0, 0.1) is 18.8 Å². The van der Waals surface area contributed by atoms with Crippen molar-refractivity contribution in [2.75, 3.05) is 78.4 Å². The highest BCUT2D eigenvalue weighted by Crippen LogP contribution is 2.27. The lowest BCUT2D eigenvalue weighted by Crippen LogP contribution is -2.51. The van der Waals surface area contributed by atoms with Crippen molar-refractivity contribution < 1.29 is 37.9 Å². The predicted molar refractivity (Wildman–Crippen MR) is 237 cm³/mol. The standard InChI is InChI=1S/C33H41N5O6.C12H22N2O3.CH4/c1-21-8-13-36(14-9-21)30(39)28(20-23-18-22(2)29-27(19-23)43-32(41)35(29)3)44-33(42)37-15-11-25(12-16-37)38-17-10-24-6-4-5-7-26(24)34-31(38)40;1-10-4-6-14(7-5-10)11(15)12(16)17-9-8-13(2)3;/h4-7,18-19,21,25,28H,8-17,20H2,1-3H3,(H,34,40);10H,4-9H2,1-3H3;1H4/t28-;;/m1../s1. The minimum atomic E-state index is -1.00. The van der Waals surface area contributed by atoms with Gasteiger partial charge in [0.2, 0.25) is 0 Å². The van der Waals surface area contributed by atoms with E-state index in [9.17, 15) is 28.8 Å². The van der Waals surface area contributed by atoms with Crippen LogP contribution >= 0.6 is 0 Å². The van der Waals surface area contributed by atoms with Gasteiger partial charge in [0.25, 0.3) is 5.91 Å². The van der Waals surface area contributed by atoms with Crippen LogP contribution in [0.5, 0.6) is 0 Å². The van der Waals surface area contributed by atoms with Gasteiger partial charge in [-0.05, 0) is 107 Å². The number of rotatable bonds is 8. The SMILES string of the molecule is C.CC1CCN(C(=O)C(=O)OCCN(C)C)CC1.Cc1cc(C[C@@H](OC(=O)N2CCC(N3CCc4ccccc4NC3=O)CC2)C(=O)N2CCC(C)CC2)cc2oc(=O)n(C)c12. The van der Waals surface area contributed by atoms with Gasteiger partial charge in [0.1, 0.15) is 6.61 Å². The number of ether oxygens (including phenoxy) is 2. The van der Waals surface area contributed by atoms with E-state index in [0.29, 0.717) is 88.1 Å². The molecule has 1 aromatic heterocycles. The van der Waals surface area contributed by atoms with E-state index in [1.807, 2.05) is 61.2 Å². The highest BCUT2D eigenvalue weighted by molar-refractivity contribution is 6.32. The molecule has 4 aliphatic rings. The predicted octanol–water partition coefficient (Wildman–Crippen LogP) is 5.29. The molecule has 62 heavy (non-hydrogen) atoms. The molecule has 16 nitrogen and oxygen atoms in total. The van der Waals surface area contributed by atoms with Gasteiger partial charge in [0.05, 0.1) is 5.52 Å². The molecule has 0 aliphatic carbocycles. The quantitative estimate of drug-likeness (QED) is 0.233. The third-order valence-corrected chi connectivity index (χ3v) is 12.5. The van der Waals surface area contributed by atoms with Gasteiger partial charge < -0.3 is 43.7 Å². The van der Waals surface area contributed by atoms with Gasteiger partial charge in [-0.15, -0.1) is 0 Å². The van der Waals surface area contributed by atoms with Crippen molar-refractivity contribution in [2.24, 2.45) is 18.9 Å². The first-order chi connectivity index (χ1) is 29.2. The largest absolute Gasteiger partial charge is 0.457 e. The summed E-state index contributed by atoms with van der Waals surface area (Å²) < 4.78 is 17.8. The first-order valence-corrected chi connectivity index (χ1v) is 21.8. The van der Waals surface area contributed by atoms with Gasteiger partial charge in [0.15, 0.2) is 11.7 Å². The number of fused-ring (bicyclic) bond motifs is 2. The minimum absolute atomic E-state index is 0. The van der Waals surface area contributed by atoms with Crippen molar-refractivity contribution in [2.45, 2.75) is 91.7 Å². The number of likely N-dealkylation sites (tertiary alicyclic amines) is 3. The number of nitrogens with one attached hydrogen (secondary N) is 1. The zero-order valence-electron chi connectivity index (χ0n) is 36.7. The van der Waals surface area contributed by atoms with Gasteiger partial charge in [-0.1, -0.05) is 45.5 Å². The van der Waals surface area contributed by atoms with E-state index in [1.54, 1.807) is 27.8 Å². The lowest BCUT2D eigenvalue weighted by molar-refractivity contribution is -0.161. The van der Waals surface area contributed by atoms with Crippen molar-refractivity contribution in [3.63, 3.8) is 0 Å². The zero-order valence-corrected chi connectivity index (χ0v) is 36.7. The number of nitrogens with zero attached hydrogens (tertiary/aromatic N) is 6. The van der Waals surface area contributed by atoms with Gasteiger partial charge in [-0.25, -0.2) is 19.2 Å². The van der Waals surface area contributed by atoms with Gasteiger partial charge in [0, 0.05) is 77.6 Å². The Morgan fingerprint density at radius 1 is 0.855 bits per heavy atom. The van der Waals surface area contributed by atoms with Gasteiger partial charge >= 0.3 is 29.8 Å². The molecule has 0 radical (unpaired) electrons. The van der Waals surface area contributed by atoms with Gasteiger partial charge in [-0.2, -0.15) is 0 Å². The summed E-state index contributed by atoms with van der Waals surface area (Å²) >= 11 is 0. The number of aromatic nitrogens is 1. The average Bonchev–Trinajstić information content (AvgIpc) is 3.42. The lowest BCUT2D eigenvalue weighted by Gasteiger charge is -2.38. The number of hydrogen-bond donors (Lipinski definition) is 1. The number of piperidine rings is 3.